The second-order valence-corrected chi connectivity index (χ2v) is 6.45. The molecule has 1 heterocycles. The number of hydrogen-bond donors (Lipinski definition) is 2. The van der Waals surface area contributed by atoms with E-state index in [0.29, 0.717) is 11.3 Å². The molecule has 0 bridgehead atoms. The van der Waals surface area contributed by atoms with Gasteiger partial charge in [0.2, 0.25) is 5.91 Å². The van der Waals surface area contributed by atoms with Crippen LogP contribution < -0.4 is 15.6 Å². The summed E-state index contributed by atoms with van der Waals surface area (Å²) in [7, 11) is 1.56. The maximum Gasteiger partial charge on any atom is 0.271 e. The van der Waals surface area contributed by atoms with Gasteiger partial charge in [-0.15, -0.1) is 0 Å². The quantitative estimate of drug-likeness (QED) is 0.671. The lowest BCUT2D eigenvalue weighted by molar-refractivity contribution is -0.121. The molecule has 0 saturated carbocycles. The van der Waals surface area contributed by atoms with Crippen molar-refractivity contribution >= 4 is 11.8 Å². The number of hydrogen-bond acceptors (Lipinski definition) is 3. The summed E-state index contributed by atoms with van der Waals surface area (Å²) < 4.78 is 7.25. The number of amides is 2. The molecule has 3 aromatic rings. The van der Waals surface area contributed by atoms with E-state index in [2.05, 4.69) is 10.9 Å². The number of methoxy groups -OCH3 is 1. The molecule has 0 saturated heterocycles. The maximum atomic E-state index is 12.6. The van der Waals surface area contributed by atoms with Gasteiger partial charge in [-0.25, -0.2) is 0 Å². The lowest BCUT2D eigenvalue weighted by Crippen LogP contribution is -2.42. The summed E-state index contributed by atoms with van der Waals surface area (Å²) in [6, 6.07) is 18.9. The van der Waals surface area contributed by atoms with E-state index < -0.39 is 0 Å². The van der Waals surface area contributed by atoms with Crippen LogP contribution in [0, 0.1) is 13.8 Å². The molecule has 1 aromatic heterocycles. The van der Waals surface area contributed by atoms with E-state index in [-0.39, 0.29) is 18.2 Å². The number of nitrogens with one attached hydrogen (secondary N) is 2. The SMILES string of the molecule is COc1ccccc1CC(=O)NNC(=O)c1cc(C)n(-c2ccccc2)c1C. The molecular formula is C22H23N3O3. The van der Waals surface area contributed by atoms with E-state index in [0.717, 1.165) is 22.6 Å². The number of para-hydroxylation sites is 2. The summed E-state index contributed by atoms with van der Waals surface area (Å²) in [5.41, 5.74) is 8.96. The highest BCUT2D eigenvalue weighted by atomic mass is 16.5. The van der Waals surface area contributed by atoms with Crippen molar-refractivity contribution in [3.05, 3.63) is 83.2 Å². The van der Waals surface area contributed by atoms with Crippen molar-refractivity contribution in [3.63, 3.8) is 0 Å². The Morgan fingerprint density at radius 1 is 0.964 bits per heavy atom. The fourth-order valence-corrected chi connectivity index (χ4v) is 3.23. The van der Waals surface area contributed by atoms with E-state index in [1.165, 1.54) is 0 Å². The van der Waals surface area contributed by atoms with E-state index in [9.17, 15) is 9.59 Å². The van der Waals surface area contributed by atoms with Gasteiger partial charge in [-0.1, -0.05) is 36.4 Å². The van der Waals surface area contributed by atoms with Crippen LogP contribution in [0.15, 0.2) is 60.7 Å². The molecule has 6 nitrogen and oxygen atoms in total. The molecule has 2 N–H and O–H groups in total. The molecule has 2 amide bonds. The van der Waals surface area contributed by atoms with Gasteiger partial charge in [0, 0.05) is 22.6 Å². The van der Waals surface area contributed by atoms with Crippen molar-refractivity contribution < 1.29 is 14.3 Å². The molecule has 3 rings (SSSR count). The zero-order chi connectivity index (χ0) is 20.1. The fraction of sp³-hybridized carbons (Fsp3) is 0.182. The van der Waals surface area contributed by atoms with Crippen LogP contribution in [-0.2, 0) is 11.2 Å². The predicted molar refractivity (Wildman–Crippen MR) is 108 cm³/mol. The molecule has 0 atom stereocenters. The van der Waals surface area contributed by atoms with Crippen LogP contribution in [0.25, 0.3) is 5.69 Å². The Balaban J connectivity index is 1.68. The number of rotatable bonds is 5. The number of benzene rings is 2. The van der Waals surface area contributed by atoms with E-state index >= 15 is 0 Å². The number of aryl methyl sites for hydroxylation is 1. The van der Waals surface area contributed by atoms with Gasteiger partial charge in [-0.2, -0.15) is 0 Å². The highest BCUT2D eigenvalue weighted by molar-refractivity contribution is 5.97. The van der Waals surface area contributed by atoms with Gasteiger partial charge in [0.1, 0.15) is 5.75 Å². The molecule has 0 spiro atoms. The first kappa shape index (κ1) is 19.2. The smallest absolute Gasteiger partial charge is 0.271 e. The number of nitrogens with zero attached hydrogens (tertiary/aromatic N) is 1. The van der Waals surface area contributed by atoms with Crippen LogP contribution in [-0.4, -0.2) is 23.5 Å². The Labute approximate surface area is 164 Å². The largest absolute Gasteiger partial charge is 0.496 e. The zero-order valence-corrected chi connectivity index (χ0v) is 16.2. The highest BCUT2D eigenvalue weighted by Gasteiger charge is 2.17. The van der Waals surface area contributed by atoms with Crippen molar-refractivity contribution in [2.24, 2.45) is 0 Å². The molecule has 144 valence electrons. The summed E-state index contributed by atoms with van der Waals surface area (Å²) in [4.78, 5) is 24.8. The number of carbonyl (C=O) groups is 2. The molecule has 0 aliphatic heterocycles. The minimum atomic E-state index is -0.358. The van der Waals surface area contributed by atoms with Crippen molar-refractivity contribution in [3.8, 4) is 11.4 Å². The number of aromatic nitrogens is 1. The first-order valence-electron chi connectivity index (χ1n) is 8.96. The highest BCUT2D eigenvalue weighted by Crippen LogP contribution is 2.20. The Kier molecular flexibility index (Phi) is 5.79. The second-order valence-electron chi connectivity index (χ2n) is 6.45. The van der Waals surface area contributed by atoms with Gasteiger partial charge >= 0.3 is 0 Å². The zero-order valence-electron chi connectivity index (χ0n) is 16.2. The van der Waals surface area contributed by atoms with Gasteiger partial charge < -0.3 is 9.30 Å². The lowest BCUT2D eigenvalue weighted by atomic mass is 10.1. The molecule has 0 aliphatic carbocycles. The summed E-state index contributed by atoms with van der Waals surface area (Å²) in [6.45, 7) is 3.82. The number of carbonyl (C=O) groups excluding carboxylic acids is 2. The Morgan fingerprint density at radius 3 is 2.36 bits per heavy atom. The molecular weight excluding hydrogens is 354 g/mol. The number of hydrazine groups is 1. The third kappa shape index (κ3) is 4.06. The Hall–Kier alpha value is -3.54. The summed E-state index contributed by atoms with van der Waals surface area (Å²) in [5, 5.41) is 0. The van der Waals surface area contributed by atoms with E-state index in [1.807, 2.05) is 73.0 Å². The van der Waals surface area contributed by atoms with Gasteiger partial charge in [0.25, 0.3) is 5.91 Å². The normalized spacial score (nSPS) is 10.4. The van der Waals surface area contributed by atoms with Crippen LogP contribution in [0.3, 0.4) is 0 Å². The predicted octanol–water partition coefficient (Wildman–Crippen LogP) is 3.11. The van der Waals surface area contributed by atoms with E-state index in [4.69, 9.17) is 4.74 Å². The molecule has 6 heteroatoms. The van der Waals surface area contributed by atoms with E-state index in [1.54, 1.807) is 13.2 Å². The molecule has 0 radical (unpaired) electrons. The van der Waals surface area contributed by atoms with Gasteiger partial charge in [0.15, 0.2) is 0 Å². The molecule has 0 unspecified atom stereocenters. The van der Waals surface area contributed by atoms with Crippen LogP contribution in [0.5, 0.6) is 5.75 Å². The average Bonchev–Trinajstić information content (AvgIpc) is 3.01. The molecule has 2 aromatic carbocycles. The van der Waals surface area contributed by atoms with Crippen molar-refractivity contribution in [2.45, 2.75) is 20.3 Å². The lowest BCUT2D eigenvalue weighted by Gasteiger charge is -2.11. The minimum Gasteiger partial charge on any atom is -0.496 e. The minimum absolute atomic E-state index is 0.104. The van der Waals surface area contributed by atoms with Crippen molar-refractivity contribution in [1.29, 1.82) is 0 Å². The molecule has 0 fully saturated rings. The second kappa shape index (κ2) is 8.43. The maximum absolute atomic E-state index is 12.6. The monoisotopic (exact) mass is 377 g/mol. The van der Waals surface area contributed by atoms with Crippen LogP contribution in [0.2, 0.25) is 0 Å². The van der Waals surface area contributed by atoms with Gasteiger partial charge in [0.05, 0.1) is 19.1 Å². The van der Waals surface area contributed by atoms with Crippen molar-refractivity contribution in [1.82, 2.24) is 15.4 Å². The van der Waals surface area contributed by atoms with Crippen LogP contribution >= 0.6 is 0 Å². The van der Waals surface area contributed by atoms with Crippen LogP contribution in [0.1, 0.15) is 27.3 Å². The third-order valence-electron chi connectivity index (χ3n) is 4.55. The average molecular weight is 377 g/mol. The number of ether oxygens (including phenoxy) is 1. The standard InChI is InChI=1S/C22H23N3O3/c1-15-13-19(16(2)25(15)18-10-5-4-6-11-18)22(27)24-23-21(26)14-17-9-7-8-12-20(17)28-3/h4-13H,14H2,1-3H3,(H,23,26)(H,24,27). The van der Waals surface area contributed by atoms with Gasteiger partial charge in [-0.05, 0) is 38.1 Å². The molecule has 0 aliphatic rings. The molecule has 28 heavy (non-hydrogen) atoms. The Bertz CT molecular complexity index is 994. The first-order valence-corrected chi connectivity index (χ1v) is 8.96. The Morgan fingerprint density at radius 2 is 1.64 bits per heavy atom. The summed E-state index contributed by atoms with van der Waals surface area (Å²) >= 11 is 0. The summed E-state index contributed by atoms with van der Waals surface area (Å²) in [6.07, 6.45) is 0.104. The van der Waals surface area contributed by atoms with Crippen molar-refractivity contribution in [2.75, 3.05) is 7.11 Å². The third-order valence-corrected chi connectivity index (χ3v) is 4.55. The van der Waals surface area contributed by atoms with Gasteiger partial charge in [-0.3, -0.25) is 20.4 Å². The summed E-state index contributed by atoms with van der Waals surface area (Å²) in [5.74, 6) is -0.0474. The van der Waals surface area contributed by atoms with Crippen LogP contribution in [0.4, 0.5) is 0 Å². The fourth-order valence-electron chi connectivity index (χ4n) is 3.23. The topological polar surface area (TPSA) is 72.4 Å². The first-order chi connectivity index (χ1) is 13.5.